The molecule has 0 N–H and O–H groups in total. The fourth-order valence-electron chi connectivity index (χ4n) is 3.61. The van der Waals surface area contributed by atoms with E-state index in [4.69, 9.17) is 0 Å². The average Bonchev–Trinajstić information content (AvgIpc) is 2.68. The van der Waals surface area contributed by atoms with E-state index in [2.05, 4.69) is 0 Å². The lowest BCUT2D eigenvalue weighted by atomic mass is 10.0. The maximum Gasteiger partial charge on any atom is 0.204 e. The van der Waals surface area contributed by atoms with Gasteiger partial charge in [-0.15, -0.1) is 0 Å². The lowest BCUT2D eigenvalue weighted by Gasteiger charge is -2.08. The summed E-state index contributed by atoms with van der Waals surface area (Å²) < 4.78 is 1.57. The third-order valence-electron chi connectivity index (χ3n) is 4.95. The van der Waals surface area contributed by atoms with Gasteiger partial charge in [-0.2, -0.15) is 0 Å². The first-order valence-electron chi connectivity index (χ1n) is 9.03. The zero-order valence-corrected chi connectivity index (χ0v) is 16.7. The Morgan fingerprint density at radius 1 is 0.786 bits per heavy atom. The molecule has 0 bridgehead atoms. The highest BCUT2D eigenvalue weighted by Crippen LogP contribution is 2.45. The van der Waals surface area contributed by atoms with Crippen molar-refractivity contribution in [2.24, 2.45) is 0 Å². The van der Waals surface area contributed by atoms with E-state index >= 15 is 0 Å². The van der Waals surface area contributed by atoms with Crippen LogP contribution in [0.1, 0.15) is 40.1 Å². The molecule has 4 heteroatoms. The molecule has 0 spiro atoms. The molecule has 0 fully saturated rings. The molecular formula is C24H19O3S+. The topological polar surface area (TPSA) is 51.2 Å². The highest BCUT2D eigenvalue weighted by molar-refractivity contribution is 7.49. The van der Waals surface area contributed by atoms with E-state index in [0.29, 0.717) is 21.9 Å². The van der Waals surface area contributed by atoms with Crippen molar-refractivity contribution in [3.05, 3.63) is 87.6 Å². The zero-order chi connectivity index (χ0) is 20.0. The van der Waals surface area contributed by atoms with Crippen LogP contribution in [0.15, 0.2) is 65.5 Å². The van der Waals surface area contributed by atoms with E-state index in [1.807, 2.05) is 43.3 Å². The number of carbonyl (C=O) groups is 2. The van der Waals surface area contributed by atoms with Crippen LogP contribution in [0.3, 0.4) is 0 Å². The van der Waals surface area contributed by atoms with Gasteiger partial charge in [0.05, 0.1) is 16.3 Å². The Morgan fingerprint density at radius 2 is 1.39 bits per heavy atom. The molecule has 0 aliphatic rings. The molecular weight excluding hydrogens is 368 g/mol. The second-order valence-electron chi connectivity index (χ2n) is 6.92. The van der Waals surface area contributed by atoms with E-state index in [1.165, 1.54) is 13.8 Å². The molecule has 28 heavy (non-hydrogen) atoms. The van der Waals surface area contributed by atoms with Gasteiger partial charge >= 0.3 is 0 Å². The first-order chi connectivity index (χ1) is 13.4. The van der Waals surface area contributed by atoms with E-state index in [0.717, 1.165) is 19.9 Å². The highest BCUT2D eigenvalue weighted by Gasteiger charge is 2.28. The van der Waals surface area contributed by atoms with Crippen LogP contribution in [0, 0.1) is 6.92 Å². The van der Waals surface area contributed by atoms with Crippen LogP contribution in [0.4, 0.5) is 0 Å². The van der Waals surface area contributed by atoms with Gasteiger partial charge in [0.25, 0.3) is 0 Å². The normalized spacial score (nSPS) is 11.8. The van der Waals surface area contributed by atoms with Crippen LogP contribution in [0.2, 0.25) is 0 Å². The highest BCUT2D eigenvalue weighted by atomic mass is 32.2. The number of hydrogen-bond acceptors (Lipinski definition) is 3. The number of aryl methyl sites for hydroxylation is 1. The molecule has 4 rings (SSSR count). The molecule has 4 aromatic rings. The van der Waals surface area contributed by atoms with Crippen LogP contribution >= 0.6 is 10.5 Å². The number of carbonyl (C=O) groups excluding carboxylic acids is 2. The van der Waals surface area contributed by atoms with Gasteiger partial charge in [0, 0.05) is 16.0 Å². The molecule has 1 unspecified atom stereocenters. The summed E-state index contributed by atoms with van der Waals surface area (Å²) in [4.78, 5) is 39.0. The molecule has 3 aromatic carbocycles. The largest absolute Gasteiger partial charge is 0.294 e. The molecule has 0 saturated carbocycles. The summed E-state index contributed by atoms with van der Waals surface area (Å²) in [7, 11) is -0.640. The molecule has 1 aromatic heterocycles. The van der Waals surface area contributed by atoms with Crippen molar-refractivity contribution in [3.63, 3.8) is 0 Å². The first-order valence-corrected chi connectivity index (χ1v) is 10.3. The summed E-state index contributed by atoms with van der Waals surface area (Å²) in [6, 6.07) is 18.9. The number of benzene rings is 3. The zero-order valence-electron chi connectivity index (χ0n) is 15.9. The summed E-state index contributed by atoms with van der Waals surface area (Å²) in [5.74, 6) is -0.204. The minimum absolute atomic E-state index is 0.0690. The Kier molecular flexibility index (Phi) is 4.44. The van der Waals surface area contributed by atoms with E-state index < -0.39 is 10.5 Å². The lowest BCUT2D eigenvalue weighted by molar-refractivity contribution is 0.101. The Balaban J connectivity index is 2.35. The molecule has 3 nitrogen and oxygen atoms in total. The van der Waals surface area contributed by atoms with E-state index in [1.54, 1.807) is 24.3 Å². The van der Waals surface area contributed by atoms with Crippen molar-refractivity contribution in [1.29, 1.82) is 0 Å². The van der Waals surface area contributed by atoms with Crippen LogP contribution in [-0.4, -0.2) is 11.6 Å². The van der Waals surface area contributed by atoms with Crippen LogP contribution < -0.4 is 5.43 Å². The van der Waals surface area contributed by atoms with E-state index in [9.17, 15) is 14.4 Å². The van der Waals surface area contributed by atoms with Gasteiger partial charge in [-0.1, -0.05) is 35.9 Å². The number of rotatable bonds is 3. The summed E-state index contributed by atoms with van der Waals surface area (Å²) in [5, 5.41) is 0.977. The smallest absolute Gasteiger partial charge is 0.204 e. The Morgan fingerprint density at radius 3 is 2.04 bits per heavy atom. The number of Topliss-reactive ketones (excluding diaryl/α,β-unsaturated/α-hetero) is 2. The summed E-state index contributed by atoms with van der Waals surface area (Å²) in [5.41, 5.74) is 1.95. The van der Waals surface area contributed by atoms with Crippen molar-refractivity contribution in [2.45, 2.75) is 20.8 Å². The average molecular weight is 387 g/mol. The third-order valence-corrected chi connectivity index (χ3v) is 7.32. The van der Waals surface area contributed by atoms with Gasteiger partial charge in [-0.25, -0.2) is 0 Å². The predicted molar refractivity (Wildman–Crippen MR) is 116 cm³/mol. The number of ketones is 2. The van der Waals surface area contributed by atoms with Crippen molar-refractivity contribution in [2.75, 3.05) is 0 Å². The second-order valence-corrected chi connectivity index (χ2v) is 8.85. The predicted octanol–water partition coefficient (Wildman–Crippen LogP) is 5.81. The number of fused-ring (bicyclic) bond motifs is 2. The molecule has 0 aliphatic heterocycles. The maximum atomic E-state index is 13.4. The molecule has 0 radical (unpaired) electrons. The van der Waals surface area contributed by atoms with Gasteiger partial charge in [0.1, 0.15) is 0 Å². The van der Waals surface area contributed by atoms with Crippen LogP contribution in [-0.2, 0) is 0 Å². The standard InChI is InChI=1S/C24H19O3S/c1-14-10-12-17(13-11-14)28-21-9-5-6-18(15(2)25)22(21)23(27)20-8-4-7-19(16(3)26)24(20)28/h4-13H,1-3H3/q+1. The van der Waals surface area contributed by atoms with Crippen molar-refractivity contribution in [1.82, 2.24) is 0 Å². The maximum absolute atomic E-state index is 13.4. The Hall–Kier alpha value is -3.11. The molecule has 138 valence electrons. The monoisotopic (exact) mass is 387 g/mol. The minimum atomic E-state index is -0.640. The fourth-order valence-corrected chi connectivity index (χ4v) is 6.16. The lowest BCUT2D eigenvalue weighted by Crippen LogP contribution is -2.09. The fraction of sp³-hybridized carbons (Fsp3) is 0.125. The van der Waals surface area contributed by atoms with E-state index in [-0.39, 0.29) is 17.0 Å². The summed E-state index contributed by atoms with van der Waals surface area (Å²) >= 11 is 0. The van der Waals surface area contributed by atoms with Gasteiger partial charge in [0.2, 0.25) is 10.1 Å². The van der Waals surface area contributed by atoms with Gasteiger partial charge in [-0.05, 0) is 51.1 Å². The molecule has 0 amide bonds. The van der Waals surface area contributed by atoms with Gasteiger partial charge < -0.3 is 0 Å². The molecule has 1 heterocycles. The third kappa shape index (κ3) is 2.77. The second kappa shape index (κ2) is 6.80. The SMILES string of the molecule is CC(=O)c1cccc2c1c(=O)c1cccc(C(C)=O)c1[s+]2-c1ccc(C)cc1. The molecule has 0 saturated heterocycles. The van der Waals surface area contributed by atoms with Crippen molar-refractivity contribution in [3.8, 4) is 4.90 Å². The summed E-state index contributed by atoms with van der Waals surface area (Å²) in [6.07, 6.45) is 0. The summed E-state index contributed by atoms with van der Waals surface area (Å²) in [6.45, 7) is 5.03. The van der Waals surface area contributed by atoms with Crippen LogP contribution in [0.5, 0.6) is 0 Å². The van der Waals surface area contributed by atoms with Gasteiger partial charge in [0.15, 0.2) is 21.2 Å². The Bertz CT molecular complexity index is 1330. The first kappa shape index (κ1) is 18.3. The Labute approximate surface area is 165 Å². The van der Waals surface area contributed by atoms with Crippen LogP contribution in [0.25, 0.3) is 25.1 Å². The molecule has 0 aliphatic carbocycles. The minimum Gasteiger partial charge on any atom is -0.294 e. The molecule has 1 atom stereocenters. The quantitative estimate of drug-likeness (QED) is 0.253. The van der Waals surface area contributed by atoms with Crippen molar-refractivity contribution >= 4 is 42.2 Å². The van der Waals surface area contributed by atoms with Crippen molar-refractivity contribution < 1.29 is 9.59 Å². The van der Waals surface area contributed by atoms with Gasteiger partial charge in [-0.3, -0.25) is 14.4 Å². The number of hydrogen-bond donors (Lipinski definition) is 0.